The molecule has 0 aliphatic rings. The van der Waals surface area contributed by atoms with E-state index in [-0.39, 0.29) is 0 Å². The van der Waals surface area contributed by atoms with Gasteiger partial charge in [0.2, 0.25) is 0 Å². The largest absolute Gasteiger partial charge is 0.377 e. The summed E-state index contributed by atoms with van der Waals surface area (Å²) in [6.07, 6.45) is 2.83. The Balaban J connectivity index is 1.98. The molecule has 0 saturated heterocycles. The van der Waals surface area contributed by atoms with Crippen molar-refractivity contribution in [2.24, 2.45) is 0 Å². The van der Waals surface area contributed by atoms with Crippen molar-refractivity contribution in [3.63, 3.8) is 0 Å². The summed E-state index contributed by atoms with van der Waals surface area (Å²) >= 11 is 1.57. The molecule has 1 nitrogen and oxygen atoms in total. The fourth-order valence-electron chi connectivity index (χ4n) is 1.31. The molecule has 0 aliphatic carbocycles. The Bertz CT molecular complexity index is 529. The van der Waals surface area contributed by atoms with E-state index in [4.69, 9.17) is 0 Å². The van der Waals surface area contributed by atoms with Gasteiger partial charge in [0.1, 0.15) is 6.10 Å². The summed E-state index contributed by atoms with van der Waals surface area (Å²) in [7, 11) is 0. The van der Waals surface area contributed by atoms with Crippen molar-refractivity contribution in [2.75, 3.05) is 0 Å². The molecule has 17 heavy (non-hydrogen) atoms. The van der Waals surface area contributed by atoms with Crippen LogP contribution in [-0.2, 0) is 0 Å². The predicted octanol–water partition coefficient (Wildman–Crippen LogP) is 3.17. The number of aliphatic hydroxyl groups is 1. The van der Waals surface area contributed by atoms with Crippen LogP contribution in [0.3, 0.4) is 0 Å². The van der Waals surface area contributed by atoms with E-state index in [0.717, 1.165) is 10.4 Å². The number of aliphatic hydroxyl groups excluding tert-OH is 1. The quantitative estimate of drug-likeness (QED) is 0.799. The maximum atomic E-state index is 9.65. The summed E-state index contributed by atoms with van der Waals surface area (Å²) in [4.78, 5) is 0.970. The molecule has 0 fully saturated rings. The van der Waals surface area contributed by atoms with Gasteiger partial charge in [-0.15, -0.1) is 11.3 Å². The van der Waals surface area contributed by atoms with Crippen LogP contribution in [0.4, 0.5) is 0 Å². The molecule has 2 heteroatoms. The highest BCUT2D eigenvalue weighted by atomic mass is 32.1. The van der Waals surface area contributed by atoms with Gasteiger partial charge in [0.05, 0.1) is 4.88 Å². The highest BCUT2D eigenvalue weighted by Gasteiger charge is 1.92. The fourth-order valence-corrected chi connectivity index (χ4v) is 1.89. The van der Waals surface area contributed by atoms with Crippen LogP contribution in [0.5, 0.6) is 0 Å². The zero-order valence-corrected chi connectivity index (χ0v) is 10.0. The minimum atomic E-state index is -0.725. The van der Waals surface area contributed by atoms with E-state index in [1.165, 1.54) is 0 Å². The molecule has 0 amide bonds. The van der Waals surface area contributed by atoms with Crippen LogP contribution >= 0.6 is 11.3 Å². The van der Waals surface area contributed by atoms with Gasteiger partial charge in [0.15, 0.2) is 0 Å². The minimum absolute atomic E-state index is 0.725. The van der Waals surface area contributed by atoms with E-state index in [0.29, 0.717) is 0 Å². The Kier molecular flexibility index (Phi) is 4.15. The number of thiophene rings is 1. The van der Waals surface area contributed by atoms with Crippen LogP contribution in [0, 0.1) is 11.8 Å². The Labute approximate surface area is 105 Å². The molecule has 0 spiro atoms. The van der Waals surface area contributed by atoms with Crippen molar-refractivity contribution < 1.29 is 5.11 Å². The summed E-state index contributed by atoms with van der Waals surface area (Å²) in [5.41, 5.74) is 1.06. The van der Waals surface area contributed by atoms with Crippen molar-refractivity contribution in [2.45, 2.75) is 6.10 Å². The Morgan fingerprint density at radius 3 is 2.65 bits per heavy atom. The lowest BCUT2D eigenvalue weighted by Gasteiger charge is -1.94. The average Bonchev–Trinajstić information content (AvgIpc) is 2.88. The number of hydrogen-bond donors (Lipinski definition) is 1. The molecule has 2 rings (SSSR count). The van der Waals surface area contributed by atoms with Gasteiger partial charge >= 0.3 is 0 Å². The van der Waals surface area contributed by atoms with Crippen LogP contribution in [0.1, 0.15) is 10.4 Å². The SMILES string of the molecule is OC(C#Cc1cccs1)/C=C/c1ccccc1. The molecule has 0 radical (unpaired) electrons. The predicted molar refractivity (Wildman–Crippen MR) is 72.7 cm³/mol. The molecule has 1 N–H and O–H groups in total. The van der Waals surface area contributed by atoms with E-state index in [1.807, 2.05) is 53.9 Å². The summed E-state index contributed by atoms with van der Waals surface area (Å²) in [6, 6.07) is 13.7. The first kappa shape index (κ1) is 11.7. The lowest BCUT2D eigenvalue weighted by Crippen LogP contribution is -1.96. The van der Waals surface area contributed by atoms with Gasteiger partial charge in [-0.05, 0) is 23.1 Å². The molecule has 1 aromatic heterocycles. The van der Waals surface area contributed by atoms with Gasteiger partial charge in [-0.3, -0.25) is 0 Å². The van der Waals surface area contributed by atoms with Crippen molar-refractivity contribution >= 4 is 17.4 Å². The number of rotatable bonds is 2. The van der Waals surface area contributed by atoms with Gasteiger partial charge < -0.3 is 5.11 Å². The molecule has 1 atom stereocenters. The number of benzene rings is 1. The Hall–Kier alpha value is -1.82. The van der Waals surface area contributed by atoms with E-state index in [9.17, 15) is 5.11 Å². The van der Waals surface area contributed by atoms with Crippen LogP contribution in [0.15, 0.2) is 53.9 Å². The summed E-state index contributed by atoms with van der Waals surface area (Å²) in [5.74, 6) is 5.71. The van der Waals surface area contributed by atoms with Crippen LogP contribution in [0.2, 0.25) is 0 Å². The van der Waals surface area contributed by atoms with E-state index < -0.39 is 6.10 Å². The Morgan fingerprint density at radius 1 is 1.12 bits per heavy atom. The van der Waals surface area contributed by atoms with Gasteiger partial charge in [-0.25, -0.2) is 0 Å². The second-order valence-electron chi connectivity index (χ2n) is 3.46. The topological polar surface area (TPSA) is 20.2 Å². The highest BCUT2D eigenvalue weighted by Crippen LogP contribution is 2.06. The maximum Gasteiger partial charge on any atom is 0.134 e. The second-order valence-corrected chi connectivity index (χ2v) is 4.41. The molecule has 1 unspecified atom stereocenters. The van der Waals surface area contributed by atoms with Crippen LogP contribution in [0.25, 0.3) is 6.08 Å². The lowest BCUT2D eigenvalue weighted by molar-refractivity contribution is 0.281. The smallest absolute Gasteiger partial charge is 0.134 e. The van der Waals surface area contributed by atoms with Gasteiger partial charge in [-0.1, -0.05) is 54.3 Å². The summed E-state index contributed by atoms with van der Waals surface area (Å²) in [6.45, 7) is 0. The molecule has 0 bridgehead atoms. The van der Waals surface area contributed by atoms with E-state index in [2.05, 4.69) is 11.8 Å². The first-order chi connectivity index (χ1) is 8.34. The third kappa shape index (κ3) is 3.92. The maximum absolute atomic E-state index is 9.65. The zero-order valence-electron chi connectivity index (χ0n) is 9.21. The zero-order chi connectivity index (χ0) is 11.9. The summed E-state index contributed by atoms with van der Waals surface area (Å²) < 4.78 is 0. The fraction of sp³-hybridized carbons (Fsp3) is 0.0667. The second kappa shape index (κ2) is 6.05. The average molecular weight is 240 g/mol. The van der Waals surface area contributed by atoms with E-state index >= 15 is 0 Å². The highest BCUT2D eigenvalue weighted by molar-refractivity contribution is 7.10. The first-order valence-electron chi connectivity index (χ1n) is 5.31. The van der Waals surface area contributed by atoms with Gasteiger partial charge in [-0.2, -0.15) is 0 Å². The molecule has 84 valence electrons. The third-order valence-corrected chi connectivity index (χ3v) is 2.92. The summed E-state index contributed by atoms with van der Waals surface area (Å²) in [5, 5.41) is 11.6. The van der Waals surface area contributed by atoms with Crippen molar-refractivity contribution in [1.29, 1.82) is 0 Å². The van der Waals surface area contributed by atoms with Gasteiger partial charge in [0, 0.05) is 0 Å². The molecule has 1 heterocycles. The molecule has 2 aromatic rings. The molecule has 1 aromatic carbocycles. The Morgan fingerprint density at radius 2 is 1.94 bits per heavy atom. The van der Waals surface area contributed by atoms with E-state index in [1.54, 1.807) is 17.4 Å². The molecular weight excluding hydrogens is 228 g/mol. The molecule has 0 aliphatic heterocycles. The minimum Gasteiger partial charge on any atom is -0.377 e. The van der Waals surface area contributed by atoms with Crippen molar-refractivity contribution in [3.8, 4) is 11.8 Å². The third-order valence-electron chi connectivity index (χ3n) is 2.13. The first-order valence-corrected chi connectivity index (χ1v) is 6.19. The standard InChI is InChI=1S/C15H12OS/c16-14(10-11-15-7-4-12-17-15)9-8-13-5-2-1-3-6-13/h1-9,12,14,16H/b9-8+. The normalized spacial score (nSPS) is 12.1. The molecular formula is C15H12OS. The lowest BCUT2D eigenvalue weighted by atomic mass is 10.2. The molecule has 0 saturated carbocycles. The number of hydrogen-bond acceptors (Lipinski definition) is 2. The van der Waals surface area contributed by atoms with Crippen molar-refractivity contribution in [3.05, 3.63) is 64.4 Å². The van der Waals surface area contributed by atoms with Crippen LogP contribution < -0.4 is 0 Å². The van der Waals surface area contributed by atoms with Gasteiger partial charge in [0.25, 0.3) is 0 Å². The van der Waals surface area contributed by atoms with Crippen LogP contribution in [-0.4, -0.2) is 11.2 Å². The monoisotopic (exact) mass is 240 g/mol. The van der Waals surface area contributed by atoms with Crippen molar-refractivity contribution in [1.82, 2.24) is 0 Å².